The Bertz CT molecular complexity index is 1540. The number of ether oxygens (including phenoxy) is 1. The monoisotopic (exact) mass is 706 g/mol. The minimum absolute atomic E-state index is 0.00769. The number of aliphatic hydroxyl groups excluding tert-OH is 2. The second-order valence-corrected chi connectivity index (χ2v) is 17.5. The number of benzene rings is 2. The van der Waals surface area contributed by atoms with Crippen LogP contribution >= 0.6 is 0 Å². The van der Waals surface area contributed by atoms with Crippen molar-refractivity contribution in [1.29, 1.82) is 0 Å². The third kappa shape index (κ3) is 8.46. The molecule has 1 saturated heterocycles. The van der Waals surface area contributed by atoms with E-state index >= 15 is 0 Å². The number of amides is 2. The average molecular weight is 707 g/mol. The number of methoxy groups -OCH3 is 1. The molecule has 2 aromatic rings. The number of hydroxylamine groups is 2. The topological polar surface area (TPSA) is 124 Å². The fourth-order valence-corrected chi connectivity index (χ4v) is 9.27. The van der Waals surface area contributed by atoms with Crippen molar-refractivity contribution in [3.8, 4) is 16.9 Å². The molecule has 3 saturated carbocycles. The summed E-state index contributed by atoms with van der Waals surface area (Å²) >= 11 is 0. The van der Waals surface area contributed by atoms with Crippen LogP contribution in [0.5, 0.6) is 5.75 Å². The number of nitrogens with zero attached hydrogens (tertiary/aromatic N) is 2. The van der Waals surface area contributed by atoms with E-state index in [1.807, 2.05) is 56.6 Å². The lowest BCUT2D eigenvalue weighted by Crippen LogP contribution is -2.62. The number of rotatable bonds is 13. The molecule has 10 heteroatoms. The van der Waals surface area contributed by atoms with E-state index in [1.165, 1.54) is 6.42 Å². The van der Waals surface area contributed by atoms with Gasteiger partial charge in [-0.05, 0) is 86.6 Å². The van der Waals surface area contributed by atoms with Crippen LogP contribution in [0, 0.1) is 34.5 Å². The first-order chi connectivity index (χ1) is 23.9. The number of carbonyl (C=O) groups is 2. The third-order valence-corrected chi connectivity index (χ3v) is 11.9. The van der Waals surface area contributed by atoms with E-state index in [4.69, 9.17) is 9.57 Å². The maximum atomic E-state index is 14.2. The zero-order valence-electron chi connectivity index (χ0n) is 32.4. The van der Waals surface area contributed by atoms with Crippen LogP contribution in [0.1, 0.15) is 83.7 Å². The van der Waals surface area contributed by atoms with Gasteiger partial charge in [-0.15, -0.1) is 0 Å². The molecular weight excluding hydrogens is 644 g/mol. The van der Waals surface area contributed by atoms with Crippen LogP contribution in [0.3, 0.4) is 0 Å². The molecule has 2 bridgehead atoms. The molecule has 2 amide bonds. The zero-order valence-corrected chi connectivity index (χ0v) is 32.4. The van der Waals surface area contributed by atoms with Crippen molar-refractivity contribution in [1.82, 2.24) is 20.6 Å². The maximum absolute atomic E-state index is 14.2. The Morgan fingerprint density at radius 2 is 1.84 bits per heavy atom. The molecule has 51 heavy (non-hydrogen) atoms. The largest absolute Gasteiger partial charge is 0.496 e. The Kier molecular flexibility index (Phi) is 11.9. The first kappa shape index (κ1) is 39.2. The highest BCUT2D eigenvalue weighted by molar-refractivity contribution is 5.96. The smallest absolute Gasteiger partial charge is 0.251 e. The lowest BCUT2D eigenvalue weighted by molar-refractivity contribution is -0.183. The van der Waals surface area contributed by atoms with Gasteiger partial charge in [0.2, 0.25) is 5.91 Å². The molecule has 2 aromatic carbocycles. The molecular formula is C41H62N4O6. The Morgan fingerprint density at radius 3 is 2.43 bits per heavy atom. The molecule has 1 aliphatic heterocycles. The zero-order chi connectivity index (χ0) is 37.4. The van der Waals surface area contributed by atoms with Crippen LogP contribution in [0.4, 0.5) is 0 Å². The fourth-order valence-electron chi connectivity index (χ4n) is 9.27. The van der Waals surface area contributed by atoms with Gasteiger partial charge in [0.1, 0.15) is 17.9 Å². The van der Waals surface area contributed by atoms with E-state index in [1.54, 1.807) is 19.1 Å². The van der Waals surface area contributed by atoms with Crippen molar-refractivity contribution >= 4 is 11.8 Å². The van der Waals surface area contributed by atoms with Crippen molar-refractivity contribution in [2.45, 2.75) is 105 Å². The van der Waals surface area contributed by atoms with Crippen molar-refractivity contribution in [2.24, 2.45) is 34.5 Å². The summed E-state index contributed by atoms with van der Waals surface area (Å²) in [7, 11) is 5.63. The number of carbonyl (C=O) groups excluding carboxylic acids is 2. The predicted octanol–water partition coefficient (Wildman–Crippen LogP) is 5.12. The van der Waals surface area contributed by atoms with Gasteiger partial charge in [0.15, 0.2) is 0 Å². The molecule has 4 N–H and O–H groups in total. The molecule has 6 rings (SSSR count). The van der Waals surface area contributed by atoms with Gasteiger partial charge >= 0.3 is 0 Å². The van der Waals surface area contributed by atoms with Crippen LogP contribution < -0.4 is 15.4 Å². The van der Waals surface area contributed by atoms with Gasteiger partial charge in [-0.2, -0.15) is 5.06 Å². The molecule has 9 atom stereocenters. The molecule has 282 valence electrons. The number of nitrogens with one attached hydrogen (secondary N) is 2. The Balaban J connectivity index is 1.39. The summed E-state index contributed by atoms with van der Waals surface area (Å²) in [5, 5.41) is 29.4. The quantitative estimate of drug-likeness (QED) is 0.227. The normalized spacial score (nSPS) is 28.5. The van der Waals surface area contributed by atoms with Gasteiger partial charge in [-0.1, -0.05) is 71.9 Å². The summed E-state index contributed by atoms with van der Waals surface area (Å²) < 4.78 is 6.01. The van der Waals surface area contributed by atoms with E-state index in [0.717, 1.165) is 36.1 Å². The van der Waals surface area contributed by atoms with Gasteiger partial charge in [0.05, 0.1) is 26.4 Å². The van der Waals surface area contributed by atoms with Crippen LogP contribution in [0.2, 0.25) is 0 Å². The van der Waals surface area contributed by atoms with Crippen LogP contribution in [0.25, 0.3) is 11.1 Å². The maximum Gasteiger partial charge on any atom is 0.251 e. The van der Waals surface area contributed by atoms with Crippen molar-refractivity contribution in [3.63, 3.8) is 0 Å². The van der Waals surface area contributed by atoms with Gasteiger partial charge in [0, 0.05) is 41.2 Å². The molecule has 4 fully saturated rings. The Labute approximate surface area is 305 Å². The minimum Gasteiger partial charge on any atom is -0.496 e. The van der Waals surface area contributed by atoms with E-state index in [0.29, 0.717) is 34.5 Å². The standard InChI is InChI=1S/C41H62N4O6/c1-24-32-18-29(41(32,6)7)19-33(24)43-39(49)36-35(25(2)47)34(23-46)51-45(36)21-28-15-12-16-31(37(28)50-10)26-13-11-14-27(17-26)38(48)42-30(22-44(8)9)20-40(3,4)5/h11-17,24-25,29-30,32-36,46-47H,18-23H2,1-10H3,(H,42,48)(H,43,49)/t24-,25-,29+,30-,32+,33-,34-,35-,36-/m0/s1. The highest BCUT2D eigenvalue weighted by Crippen LogP contribution is 2.61. The van der Waals surface area contributed by atoms with Crippen LogP contribution in [-0.2, 0) is 16.2 Å². The van der Waals surface area contributed by atoms with Crippen molar-refractivity contribution in [2.75, 3.05) is 34.4 Å². The number of fused-ring (bicyclic) bond motifs is 2. The van der Waals surface area contributed by atoms with Gasteiger partial charge < -0.3 is 30.5 Å². The minimum atomic E-state index is -0.887. The molecule has 1 heterocycles. The van der Waals surface area contributed by atoms with Crippen LogP contribution in [0.15, 0.2) is 42.5 Å². The summed E-state index contributed by atoms with van der Waals surface area (Å²) in [6, 6.07) is 12.6. The van der Waals surface area contributed by atoms with Gasteiger partial charge in [0.25, 0.3) is 5.91 Å². The number of para-hydroxylation sites is 1. The fraction of sp³-hybridized carbons (Fsp3) is 0.659. The first-order valence-corrected chi connectivity index (χ1v) is 18.7. The molecule has 0 aromatic heterocycles. The number of hydrogen-bond acceptors (Lipinski definition) is 8. The molecule has 10 nitrogen and oxygen atoms in total. The molecule has 0 unspecified atom stereocenters. The number of likely N-dealkylation sites (N-methyl/N-ethyl adjacent to an activating group) is 1. The summed E-state index contributed by atoms with van der Waals surface area (Å²) in [5.41, 5.74) is 3.30. The molecule has 3 aliphatic carbocycles. The van der Waals surface area contributed by atoms with Gasteiger partial charge in [-0.25, -0.2) is 0 Å². The van der Waals surface area contributed by atoms with Crippen LogP contribution in [-0.4, -0.2) is 96.7 Å². The number of aliphatic hydroxyl groups is 2. The highest BCUT2D eigenvalue weighted by Gasteiger charge is 2.57. The Hall–Kier alpha value is -3.02. The van der Waals surface area contributed by atoms with Crippen molar-refractivity contribution in [3.05, 3.63) is 53.6 Å². The summed E-state index contributed by atoms with van der Waals surface area (Å²) in [6.45, 7) is 15.7. The molecule has 0 spiro atoms. The molecule has 4 aliphatic rings. The molecule has 0 radical (unpaired) electrons. The van der Waals surface area contributed by atoms with E-state index in [-0.39, 0.29) is 42.5 Å². The third-order valence-electron chi connectivity index (χ3n) is 11.9. The summed E-state index contributed by atoms with van der Waals surface area (Å²) in [5.74, 6) is 1.14. The van der Waals surface area contributed by atoms with Gasteiger partial charge in [-0.3, -0.25) is 14.4 Å². The lowest BCUT2D eigenvalue weighted by Gasteiger charge is -2.62. The van der Waals surface area contributed by atoms with E-state index in [9.17, 15) is 19.8 Å². The second kappa shape index (κ2) is 15.5. The van der Waals surface area contributed by atoms with Crippen molar-refractivity contribution < 1.29 is 29.4 Å². The lowest BCUT2D eigenvalue weighted by atomic mass is 9.45. The second-order valence-electron chi connectivity index (χ2n) is 17.5. The summed E-state index contributed by atoms with van der Waals surface area (Å²) in [4.78, 5) is 36.1. The predicted molar refractivity (Wildman–Crippen MR) is 200 cm³/mol. The average Bonchev–Trinajstić information content (AvgIpc) is 3.42. The van der Waals surface area contributed by atoms with E-state index < -0.39 is 24.2 Å². The summed E-state index contributed by atoms with van der Waals surface area (Å²) in [6.07, 6.45) is 1.36. The first-order valence-electron chi connectivity index (χ1n) is 18.7. The number of hydrogen-bond donors (Lipinski definition) is 4. The SMILES string of the molecule is COc1c(CN2O[C@@H](CO)[C@H]([C@H](C)O)[C@H]2C(=O)N[C@H]2C[C@H]3C[C@H]([C@@H]2C)C3(C)C)cccc1-c1cccc(C(=O)N[C@H](CN(C)C)CC(C)(C)C)c1. The highest BCUT2D eigenvalue weighted by atomic mass is 16.7. The Morgan fingerprint density at radius 1 is 1.14 bits per heavy atom. The van der Waals surface area contributed by atoms with E-state index in [2.05, 4.69) is 57.1 Å².